The average molecular weight is 1140 g/mol. The number of nitrogens with zero attached hydrogens (tertiary/aromatic N) is 3. The van der Waals surface area contributed by atoms with Crippen LogP contribution in [0.5, 0.6) is 0 Å². The predicted molar refractivity (Wildman–Crippen MR) is 286 cm³/mol. The minimum absolute atomic E-state index is 0. The van der Waals surface area contributed by atoms with E-state index in [0.717, 1.165) is 83.5 Å². The summed E-state index contributed by atoms with van der Waals surface area (Å²) in [6, 6.07) is 80.0. The number of fused-ring (bicyclic) bond motifs is 4. The molecular formula is C63H46FGeIrN3O-2. The maximum absolute atomic E-state index is 14.0. The van der Waals surface area contributed by atoms with E-state index in [1.807, 2.05) is 66.7 Å². The molecule has 12 rings (SSSR count). The quantitative estimate of drug-likeness (QED) is 0.112. The van der Waals surface area contributed by atoms with Crippen molar-refractivity contribution in [3.63, 3.8) is 0 Å². The summed E-state index contributed by atoms with van der Waals surface area (Å²) in [5.41, 5.74) is 16.0. The Bertz CT molecular complexity index is 3740. The summed E-state index contributed by atoms with van der Waals surface area (Å²) in [5.74, 6) is 7.70. The number of aromatic nitrogens is 3. The molecular weight excluding hydrogens is 1100 g/mol. The van der Waals surface area contributed by atoms with E-state index in [0.29, 0.717) is 5.58 Å². The van der Waals surface area contributed by atoms with E-state index in [2.05, 4.69) is 168 Å². The van der Waals surface area contributed by atoms with Gasteiger partial charge in [0.05, 0.1) is 22.4 Å². The van der Waals surface area contributed by atoms with Gasteiger partial charge in [-0.15, -0.1) is 12.1 Å². The smallest absolute Gasteiger partial charge is 0 e. The van der Waals surface area contributed by atoms with E-state index in [4.69, 9.17) is 14.4 Å². The van der Waals surface area contributed by atoms with Gasteiger partial charge in [0.2, 0.25) is 0 Å². The Hall–Kier alpha value is -7.48. The van der Waals surface area contributed by atoms with Crippen LogP contribution >= 0.6 is 0 Å². The van der Waals surface area contributed by atoms with Gasteiger partial charge in [0.15, 0.2) is 0 Å². The molecule has 1 radical (unpaired) electrons. The Morgan fingerprint density at radius 2 is 1.14 bits per heavy atom. The molecule has 0 bridgehead atoms. The van der Waals surface area contributed by atoms with Gasteiger partial charge in [-0.1, -0.05) is 126 Å². The molecule has 0 spiro atoms. The van der Waals surface area contributed by atoms with Crippen molar-refractivity contribution in [3.05, 3.63) is 243 Å². The van der Waals surface area contributed by atoms with Crippen molar-refractivity contribution in [1.82, 2.24) is 14.5 Å². The first-order valence-corrected chi connectivity index (χ1v) is 30.5. The minimum Gasteiger partial charge on any atom is 0 e. The molecule has 3 heterocycles. The molecule has 341 valence electrons. The van der Waals surface area contributed by atoms with E-state index in [1.165, 1.54) is 33.2 Å². The second-order valence-electron chi connectivity index (χ2n) is 18.1. The number of hydrogen-bond acceptors (Lipinski definition) is 3. The Kier molecular flexibility index (Phi) is 13.1. The summed E-state index contributed by atoms with van der Waals surface area (Å²) in [7, 11) is 0. The molecule has 3 aromatic heterocycles. The van der Waals surface area contributed by atoms with Crippen LogP contribution in [0.15, 0.2) is 229 Å². The number of imidazole rings is 1. The molecule has 0 N–H and O–H groups in total. The van der Waals surface area contributed by atoms with Crippen molar-refractivity contribution < 1.29 is 28.9 Å². The van der Waals surface area contributed by atoms with Gasteiger partial charge in [-0.2, -0.15) is 0 Å². The van der Waals surface area contributed by atoms with Crippen molar-refractivity contribution in [2.45, 2.75) is 17.3 Å². The fourth-order valence-corrected chi connectivity index (χ4v) is 12.3. The first-order chi connectivity index (χ1) is 33.8. The van der Waals surface area contributed by atoms with Crippen LogP contribution < -0.4 is 4.40 Å². The number of pyridine rings is 1. The second-order valence-corrected chi connectivity index (χ2v) is 28.7. The van der Waals surface area contributed by atoms with Crippen molar-refractivity contribution in [3.8, 4) is 72.8 Å². The van der Waals surface area contributed by atoms with Gasteiger partial charge in [0.1, 0.15) is 11.4 Å². The van der Waals surface area contributed by atoms with E-state index in [1.54, 1.807) is 12.1 Å². The SMILES string of the molecule is Fc1ccc(-c2c[c-]c(-c3nc4ccccc4n3-c3ccc(-c4ccccc4)cc3)c3oc4cc(-c5ccccc5)ccc4c23)cc1.[CH3][Ge]([CH3])([CH3])[c]1cnc(-c2[c-]cccc2)cc1-c1ccccc1.[Ir]. The van der Waals surface area contributed by atoms with Crippen LogP contribution in [-0.4, -0.2) is 27.8 Å². The molecule has 0 atom stereocenters. The molecule has 0 fully saturated rings. The number of para-hydroxylation sites is 2. The third kappa shape index (κ3) is 9.22. The molecule has 0 aliphatic carbocycles. The van der Waals surface area contributed by atoms with Gasteiger partial charge in [-0.3, -0.25) is 4.98 Å². The molecule has 7 heteroatoms. The zero-order valence-electron chi connectivity index (χ0n) is 38.8. The number of furan rings is 1. The van der Waals surface area contributed by atoms with E-state index >= 15 is 0 Å². The summed E-state index contributed by atoms with van der Waals surface area (Å²) >= 11 is -1.99. The van der Waals surface area contributed by atoms with Crippen LogP contribution in [0.3, 0.4) is 0 Å². The van der Waals surface area contributed by atoms with E-state index in [9.17, 15) is 4.39 Å². The number of rotatable bonds is 8. The Labute approximate surface area is 423 Å². The Balaban J connectivity index is 0.000000208. The van der Waals surface area contributed by atoms with Gasteiger partial charge in [0.25, 0.3) is 0 Å². The molecule has 12 aromatic rings. The number of halogens is 1. The monoisotopic (exact) mass is 1150 g/mol. The van der Waals surface area contributed by atoms with Crippen LogP contribution in [-0.2, 0) is 20.1 Å². The topological polar surface area (TPSA) is 43.9 Å². The predicted octanol–water partition coefficient (Wildman–Crippen LogP) is 16.3. The fraction of sp³-hybridized carbons (Fsp3) is 0.0476. The van der Waals surface area contributed by atoms with E-state index < -0.39 is 13.3 Å². The summed E-state index contributed by atoms with van der Waals surface area (Å²) in [6.45, 7) is 0. The third-order valence-electron chi connectivity index (χ3n) is 12.6. The maximum Gasteiger partial charge on any atom is 0 e. The summed E-state index contributed by atoms with van der Waals surface area (Å²) in [6.07, 6.45) is 2.10. The summed E-state index contributed by atoms with van der Waals surface area (Å²) in [5, 5.41) is 1.92. The normalized spacial score (nSPS) is 11.3. The molecule has 70 heavy (non-hydrogen) atoms. The second kappa shape index (κ2) is 19.9. The molecule has 4 nitrogen and oxygen atoms in total. The van der Waals surface area contributed by atoms with Crippen LogP contribution in [0.2, 0.25) is 17.3 Å². The molecule has 0 amide bonds. The Morgan fingerprint density at radius 3 is 1.81 bits per heavy atom. The molecule has 0 aliphatic heterocycles. The fourth-order valence-electron chi connectivity index (χ4n) is 9.15. The first-order valence-electron chi connectivity index (χ1n) is 23.2. The largest absolute Gasteiger partial charge is 0 e. The molecule has 9 aromatic carbocycles. The van der Waals surface area contributed by atoms with Gasteiger partial charge in [-0.05, 0) is 70.1 Å². The van der Waals surface area contributed by atoms with Crippen molar-refractivity contribution in [2.75, 3.05) is 0 Å². The van der Waals surface area contributed by atoms with Gasteiger partial charge >= 0.3 is 135 Å². The van der Waals surface area contributed by atoms with Gasteiger partial charge < -0.3 is 8.98 Å². The van der Waals surface area contributed by atoms with Crippen molar-refractivity contribution in [2.24, 2.45) is 0 Å². The van der Waals surface area contributed by atoms with Gasteiger partial charge in [0, 0.05) is 31.2 Å². The van der Waals surface area contributed by atoms with E-state index in [-0.39, 0.29) is 25.9 Å². The zero-order valence-corrected chi connectivity index (χ0v) is 43.3. The average Bonchev–Trinajstić information content (AvgIpc) is 3.99. The van der Waals surface area contributed by atoms with Crippen LogP contribution in [0, 0.1) is 17.9 Å². The number of benzene rings is 9. The van der Waals surface area contributed by atoms with Crippen molar-refractivity contribution >= 4 is 50.6 Å². The maximum atomic E-state index is 14.0. The van der Waals surface area contributed by atoms with Crippen molar-refractivity contribution in [1.29, 1.82) is 0 Å². The minimum atomic E-state index is -1.99. The molecule has 0 saturated carbocycles. The summed E-state index contributed by atoms with van der Waals surface area (Å²) < 4.78 is 24.4. The molecule has 0 saturated heterocycles. The van der Waals surface area contributed by atoms with Crippen LogP contribution in [0.4, 0.5) is 4.39 Å². The Morgan fingerprint density at radius 1 is 0.557 bits per heavy atom. The first kappa shape index (κ1) is 46.3. The third-order valence-corrected chi connectivity index (χ3v) is 16.8. The summed E-state index contributed by atoms with van der Waals surface area (Å²) in [4.78, 5) is 9.88. The number of hydrogen-bond donors (Lipinski definition) is 0. The standard InChI is InChI=1S/C43H26FN2O.C20H20GeN.Ir/c44-33-20-15-31(16-21-33)35-25-26-37(42-41(35)36-24-19-32(27-40(36)47-42)29-11-5-2-6-12-29)43-45-38-13-7-8-14-39(38)46(43)34-22-17-30(18-23-34)28-9-3-1-4-10-28;1-21(2,3)19-15-22-20(17-12-8-5-9-13-17)14-18(19)16-10-6-4-7-11-16;/h1-25,27H;4-12,14-15H,1-3H3;/q2*-1;. The molecule has 0 unspecified atom stereocenters. The van der Waals surface area contributed by atoms with Crippen LogP contribution in [0.1, 0.15) is 0 Å². The van der Waals surface area contributed by atoms with Gasteiger partial charge in [-0.25, -0.2) is 4.39 Å². The molecule has 0 aliphatic rings. The van der Waals surface area contributed by atoms with Crippen LogP contribution in [0.25, 0.3) is 106 Å². The zero-order chi connectivity index (χ0) is 46.9.